The third-order valence-electron chi connectivity index (χ3n) is 3.14. The van der Waals surface area contributed by atoms with Crippen LogP contribution in [0.5, 0.6) is 0 Å². The first-order chi connectivity index (χ1) is 9.76. The number of carboxylic acid groups (broad SMARTS) is 1. The van der Waals surface area contributed by atoms with Crippen molar-refractivity contribution < 1.29 is 14.7 Å². The van der Waals surface area contributed by atoms with E-state index in [9.17, 15) is 14.4 Å². The molecule has 116 valence electrons. The lowest BCUT2D eigenvalue weighted by Gasteiger charge is -2.15. The number of nitrogens with zero attached hydrogens (tertiary/aromatic N) is 1. The van der Waals surface area contributed by atoms with Crippen LogP contribution in [0.3, 0.4) is 0 Å². The third kappa shape index (κ3) is 4.40. The molecule has 0 fully saturated rings. The number of carboxylic acids is 1. The number of carbonyl (C=O) groups is 2. The van der Waals surface area contributed by atoms with Crippen molar-refractivity contribution in [1.29, 1.82) is 0 Å². The first kappa shape index (κ1) is 16.9. The summed E-state index contributed by atoms with van der Waals surface area (Å²) in [7, 11) is 0. The Morgan fingerprint density at radius 3 is 2.43 bits per heavy atom. The molecule has 7 heteroatoms. The molecule has 3 N–H and O–H groups in total. The van der Waals surface area contributed by atoms with Gasteiger partial charge >= 0.3 is 5.97 Å². The van der Waals surface area contributed by atoms with Crippen LogP contribution in [0.4, 0.5) is 0 Å². The van der Waals surface area contributed by atoms with Crippen LogP contribution in [0.1, 0.15) is 61.4 Å². The van der Waals surface area contributed by atoms with E-state index >= 15 is 0 Å². The maximum Gasteiger partial charge on any atom is 0.305 e. The second-order valence-electron chi connectivity index (χ2n) is 5.24. The van der Waals surface area contributed by atoms with E-state index < -0.39 is 23.5 Å². The van der Waals surface area contributed by atoms with Crippen molar-refractivity contribution in [2.24, 2.45) is 0 Å². The standard InChI is InChI=1S/C14H21N3O4/c1-5-9(6-10(18)19)16-13(20)11-8(4)15-12(7(2)3)17-14(11)21/h7,9H,5-6H2,1-4H3,(H,16,20)(H,18,19)(H,15,17,21). The second kappa shape index (κ2) is 7.01. The highest BCUT2D eigenvalue weighted by atomic mass is 16.4. The number of rotatable bonds is 6. The Kier molecular flexibility index (Phi) is 5.63. The fraction of sp³-hybridized carbons (Fsp3) is 0.571. The monoisotopic (exact) mass is 295 g/mol. The van der Waals surface area contributed by atoms with Crippen molar-refractivity contribution in [3.63, 3.8) is 0 Å². The molecule has 1 amide bonds. The molecule has 1 heterocycles. The van der Waals surface area contributed by atoms with Gasteiger partial charge in [-0.1, -0.05) is 20.8 Å². The Bertz CT molecular complexity index is 592. The van der Waals surface area contributed by atoms with Crippen molar-refractivity contribution in [3.05, 3.63) is 27.4 Å². The molecule has 0 aliphatic carbocycles. The topological polar surface area (TPSA) is 112 Å². The largest absolute Gasteiger partial charge is 0.481 e. The Morgan fingerprint density at radius 2 is 2.00 bits per heavy atom. The molecule has 0 spiro atoms. The van der Waals surface area contributed by atoms with Gasteiger partial charge in [0.25, 0.3) is 11.5 Å². The SMILES string of the molecule is CCC(CC(=O)O)NC(=O)c1c(C)nc(C(C)C)[nH]c1=O. The van der Waals surface area contributed by atoms with Crippen molar-refractivity contribution in [3.8, 4) is 0 Å². The van der Waals surface area contributed by atoms with Gasteiger partial charge in [-0.05, 0) is 13.3 Å². The lowest BCUT2D eigenvalue weighted by Crippen LogP contribution is -2.39. The summed E-state index contributed by atoms with van der Waals surface area (Å²) in [5.41, 5.74) is -0.234. The van der Waals surface area contributed by atoms with Crippen molar-refractivity contribution in [1.82, 2.24) is 15.3 Å². The van der Waals surface area contributed by atoms with Crippen molar-refractivity contribution in [2.45, 2.75) is 52.5 Å². The molecular formula is C14H21N3O4. The minimum Gasteiger partial charge on any atom is -0.481 e. The number of hydrogen-bond donors (Lipinski definition) is 3. The maximum atomic E-state index is 12.2. The van der Waals surface area contributed by atoms with Gasteiger partial charge in [0.2, 0.25) is 0 Å². The van der Waals surface area contributed by atoms with E-state index in [0.29, 0.717) is 17.9 Å². The van der Waals surface area contributed by atoms with E-state index in [1.54, 1.807) is 13.8 Å². The summed E-state index contributed by atoms with van der Waals surface area (Å²) in [6.45, 7) is 7.13. The second-order valence-corrected chi connectivity index (χ2v) is 5.24. The molecule has 1 atom stereocenters. The quantitative estimate of drug-likeness (QED) is 0.729. The number of nitrogens with one attached hydrogen (secondary N) is 2. The summed E-state index contributed by atoms with van der Waals surface area (Å²) in [6, 6.07) is -0.515. The first-order valence-electron chi connectivity index (χ1n) is 6.89. The van der Waals surface area contributed by atoms with Gasteiger partial charge in [-0.15, -0.1) is 0 Å². The third-order valence-corrected chi connectivity index (χ3v) is 3.14. The first-order valence-corrected chi connectivity index (χ1v) is 6.89. The van der Waals surface area contributed by atoms with Crippen LogP contribution >= 0.6 is 0 Å². The van der Waals surface area contributed by atoms with Gasteiger partial charge < -0.3 is 15.4 Å². The summed E-state index contributed by atoms with van der Waals surface area (Å²) < 4.78 is 0. The highest BCUT2D eigenvalue weighted by Crippen LogP contribution is 2.09. The van der Waals surface area contributed by atoms with Crippen LogP contribution in [0.2, 0.25) is 0 Å². The predicted molar refractivity (Wildman–Crippen MR) is 77.5 cm³/mol. The minimum absolute atomic E-state index is 0.0453. The van der Waals surface area contributed by atoms with Crippen LogP contribution in [0, 0.1) is 6.92 Å². The average Bonchev–Trinajstić information content (AvgIpc) is 2.36. The van der Waals surface area contributed by atoms with Gasteiger partial charge in [0.1, 0.15) is 11.4 Å². The highest BCUT2D eigenvalue weighted by molar-refractivity contribution is 5.95. The van der Waals surface area contributed by atoms with Crippen LogP contribution in [0.25, 0.3) is 0 Å². The summed E-state index contributed by atoms with van der Waals surface area (Å²) >= 11 is 0. The Hall–Kier alpha value is -2.18. The molecule has 1 rings (SSSR count). The molecule has 1 aromatic heterocycles. The van der Waals surface area contributed by atoms with Crippen LogP contribution in [-0.4, -0.2) is 33.0 Å². The molecule has 0 saturated heterocycles. The lowest BCUT2D eigenvalue weighted by molar-refractivity contribution is -0.137. The van der Waals surface area contributed by atoms with E-state index in [1.165, 1.54) is 0 Å². The smallest absolute Gasteiger partial charge is 0.305 e. The van der Waals surface area contributed by atoms with E-state index in [0.717, 1.165) is 0 Å². The predicted octanol–water partition coefficient (Wildman–Crippen LogP) is 1.18. The van der Waals surface area contributed by atoms with Gasteiger partial charge in [-0.3, -0.25) is 14.4 Å². The fourth-order valence-corrected chi connectivity index (χ4v) is 1.91. The summed E-state index contributed by atoms with van der Waals surface area (Å²) in [5.74, 6) is -1.03. The molecule has 0 bridgehead atoms. The van der Waals surface area contributed by atoms with Crippen molar-refractivity contribution in [2.75, 3.05) is 0 Å². The number of aromatic amines is 1. The lowest BCUT2D eigenvalue weighted by atomic mass is 10.1. The Labute approximate surface area is 122 Å². The van der Waals surface area contributed by atoms with E-state index in [-0.39, 0.29) is 17.9 Å². The molecule has 0 saturated carbocycles. The highest BCUT2D eigenvalue weighted by Gasteiger charge is 2.21. The molecule has 0 aromatic carbocycles. The molecule has 0 aliphatic heterocycles. The number of carbonyl (C=O) groups excluding carboxylic acids is 1. The van der Waals surface area contributed by atoms with Crippen LogP contribution in [0.15, 0.2) is 4.79 Å². The molecule has 1 aromatic rings. The molecular weight excluding hydrogens is 274 g/mol. The fourth-order valence-electron chi connectivity index (χ4n) is 1.91. The van der Waals surface area contributed by atoms with Gasteiger partial charge in [-0.25, -0.2) is 4.98 Å². The number of aromatic nitrogens is 2. The van der Waals surface area contributed by atoms with Gasteiger partial charge in [-0.2, -0.15) is 0 Å². The number of amides is 1. The van der Waals surface area contributed by atoms with E-state index in [4.69, 9.17) is 5.11 Å². The van der Waals surface area contributed by atoms with Crippen molar-refractivity contribution >= 4 is 11.9 Å². The number of aryl methyl sites for hydroxylation is 1. The number of hydrogen-bond acceptors (Lipinski definition) is 4. The summed E-state index contributed by atoms with van der Waals surface area (Å²) in [6.07, 6.45) is 0.281. The van der Waals surface area contributed by atoms with Gasteiger partial charge in [0.05, 0.1) is 12.1 Å². The van der Waals surface area contributed by atoms with Gasteiger partial charge in [0.15, 0.2) is 0 Å². The Balaban J connectivity index is 3.02. The van der Waals surface area contributed by atoms with Gasteiger partial charge in [0, 0.05) is 12.0 Å². The summed E-state index contributed by atoms with van der Waals surface area (Å²) in [5, 5.41) is 11.3. The molecule has 0 radical (unpaired) electrons. The zero-order chi connectivity index (χ0) is 16.2. The molecule has 21 heavy (non-hydrogen) atoms. The normalized spacial score (nSPS) is 12.2. The summed E-state index contributed by atoms with van der Waals surface area (Å²) in [4.78, 5) is 41.7. The molecule has 7 nitrogen and oxygen atoms in total. The zero-order valence-electron chi connectivity index (χ0n) is 12.7. The number of H-pyrrole nitrogens is 1. The number of aliphatic carboxylic acids is 1. The molecule has 0 aliphatic rings. The minimum atomic E-state index is -0.999. The zero-order valence-corrected chi connectivity index (χ0v) is 12.7. The Morgan fingerprint density at radius 1 is 1.38 bits per heavy atom. The maximum absolute atomic E-state index is 12.2. The van der Waals surface area contributed by atoms with E-state index in [1.807, 2.05) is 13.8 Å². The van der Waals surface area contributed by atoms with Crippen LogP contribution < -0.4 is 10.9 Å². The van der Waals surface area contributed by atoms with E-state index in [2.05, 4.69) is 15.3 Å². The molecule has 1 unspecified atom stereocenters. The van der Waals surface area contributed by atoms with Crippen LogP contribution in [-0.2, 0) is 4.79 Å². The average molecular weight is 295 g/mol.